The number of hydrogen-bond donors (Lipinski definition) is 0. The number of ether oxygens (including phenoxy) is 1. The summed E-state index contributed by atoms with van der Waals surface area (Å²) in [5.74, 6) is 2.81. The van der Waals surface area contributed by atoms with Crippen molar-refractivity contribution in [3.8, 4) is 11.5 Å². The maximum atomic E-state index is 6.70. The fourth-order valence-electron chi connectivity index (χ4n) is 4.95. The molecular formula is C25H40O3Si2. The van der Waals surface area contributed by atoms with Gasteiger partial charge in [0.05, 0.1) is 6.10 Å². The van der Waals surface area contributed by atoms with Gasteiger partial charge in [0.25, 0.3) is 9.04 Å². The maximum absolute atomic E-state index is 6.70. The van der Waals surface area contributed by atoms with E-state index in [9.17, 15) is 0 Å². The third-order valence-corrected chi connectivity index (χ3v) is 7.76. The van der Waals surface area contributed by atoms with Crippen LogP contribution >= 0.6 is 0 Å². The first kappa shape index (κ1) is 23.6. The number of aryl methyl sites for hydroxylation is 1. The van der Waals surface area contributed by atoms with Crippen molar-refractivity contribution >= 4 is 18.1 Å². The Morgan fingerprint density at radius 2 is 1.83 bits per heavy atom. The van der Waals surface area contributed by atoms with Gasteiger partial charge in [0.2, 0.25) is 9.04 Å². The summed E-state index contributed by atoms with van der Waals surface area (Å²) in [5, 5.41) is 0. The van der Waals surface area contributed by atoms with Crippen LogP contribution in [0.1, 0.15) is 70.4 Å². The number of rotatable bonds is 8. The highest BCUT2D eigenvalue weighted by molar-refractivity contribution is 6.49. The molecule has 0 fully saturated rings. The third-order valence-electron chi connectivity index (χ3n) is 6.38. The Labute approximate surface area is 187 Å². The summed E-state index contributed by atoms with van der Waals surface area (Å²) in [5.41, 5.74) is 3.75. The lowest BCUT2D eigenvalue weighted by Crippen LogP contribution is -2.48. The summed E-state index contributed by atoms with van der Waals surface area (Å²) < 4.78 is 19.5. The minimum absolute atomic E-state index is 0.217. The molecule has 0 amide bonds. The molecule has 0 unspecified atom stereocenters. The molecule has 1 heterocycles. The van der Waals surface area contributed by atoms with E-state index in [2.05, 4.69) is 72.1 Å². The standard InChI is InChI=1S/C25H40O3Si2/c1-9-10-11-12-18-14-22-24(23(15-18)28-30(7)8)19-13-17(2)21(27-29(5)6)16-20(19)25(3,4)26-22/h13-15,19-21H,9-12,16H2,1-8H3/t19-,20-,21+/m1/s1. The SMILES string of the molecule is CCCCCc1cc(O[Si](C)C)c2c(c1)OC(C)(C)[C@@H]1C[C@H](O[Si](C)C)C(C)=C[C@@H]21. The topological polar surface area (TPSA) is 27.7 Å². The smallest absolute Gasteiger partial charge is 0.274 e. The maximum Gasteiger partial charge on any atom is 0.274 e. The van der Waals surface area contributed by atoms with Gasteiger partial charge >= 0.3 is 0 Å². The van der Waals surface area contributed by atoms with Gasteiger partial charge in [-0.1, -0.05) is 25.8 Å². The van der Waals surface area contributed by atoms with E-state index in [0.29, 0.717) is 11.8 Å². The second kappa shape index (κ2) is 9.62. The molecule has 3 atom stereocenters. The van der Waals surface area contributed by atoms with Crippen molar-refractivity contribution in [3.63, 3.8) is 0 Å². The van der Waals surface area contributed by atoms with Crippen LogP contribution in [0.2, 0.25) is 26.2 Å². The summed E-state index contributed by atoms with van der Waals surface area (Å²) in [4.78, 5) is 0. The molecule has 0 N–H and O–H groups in total. The van der Waals surface area contributed by atoms with Gasteiger partial charge < -0.3 is 13.6 Å². The summed E-state index contributed by atoms with van der Waals surface area (Å²) in [6.45, 7) is 17.9. The van der Waals surface area contributed by atoms with Crippen LogP contribution in [0.4, 0.5) is 0 Å². The van der Waals surface area contributed by atoms with Crippen LogP contribution in [0.3, 0.4) is 0 Å². The Kier molecular flexibility index (Phi) is 7.57. The van der Waals surface area contributed by atoms with Crippen LogP contribution in [0.5, 0.6) is 11.5 Å². The largest absolute Gasteiger partial charge is 0.542 e. The molecule has 5 heteroatoms. The van der Waals surface area contributed by atoms with Gasteiger partial charge in [0.15, 0.2) is 0 Å². The van der Waals surface area contributed by atoms with E-state index in [0.717, 1.165) is 24.3 Å². The van der Waals surface area contributed by atoms with E-state index < -0.39 is 18.1 Å². The molecule has 3 nitrogen and oxygen atoms in total. The van der Waals surface area contributed by atoms with E-state index >= 15 is 0 Å². The summed E-state index contributed by atoms with van der Waals surface area (Å²) >= 11 is 0. The average molecular weight is 445 g/mol. The van der Waals surface area contributed by atoms with Crippen molar-refractivity contribution in [2.45, 2.75) is 104 Å². The molecule has 1 aliphatic heterocycles. The number of benzene rings is 1. The minimum atomic E-state index is -0.863. The van der Waals surface area contributed by atoms with Crippen LogP contribution in [0.15, 0.2) is 23.8 Å². The molecule has 166 valence electrons. The van der Waals surface area contributed by atoms with Crippen molar-refractivity contribution in [1.29, 1.82) is 0 Å². The molecule has 3 rings (SSSR count). The molecule has 30 heavy (non-hydrogen) atoms. The van der Waals surface area contributed by atoms with Crippen LogP contribution < -0.4 is 9.16 Å². The fraction of sp³-hybridized carbons (Fsp3) is 0.680. The van der Waals surface area contributed by atoms with Gasteiger partial charge in [0, 0.05) is 17.4 Å². The lowest BCUT2D eigenvalue weighted by atomic mass is 9.67. The predicted octanol–water partition coefficient (Wildman–Crippen LogP) is 6.91. The van der Waals surface area contributed by atoms with Crippen molar-refractivity contribution in [3.05, 3.63) is 34.9 Å². The zero-order valence-electron chi connectivity index (χ0n) is 20.2. The number of unbranched alkanes of at least 4 members (excludes halogenated alkanes) is 2. The minimum Gasteiger partial charge on any atom is -0.542 e. The second-order valence-electron chi connectivity index (χ2n) is 9.97. The van der Waals surface area contributed by atoms with E-state index in [1.807, 2.05) is 0 Å². The van der Waals surface area contributed by atoms with Crippen LogP contribution in [0.25, 0.3) is 0 Å². The number of hydrogen-bond acceptors (Lipinski definition) is 3. The third kappa shape index (κ3) is 5.22. The fourth-order valence-corrected chi connectivity index (χ4v) is 6.41. The Hall–Kier alpha value is -1.05. The first-order chi connectivity index (χ1) is 14.1. The molecule has 2 radical (unpaired) electrons. The molecule has 0 bridgehead atoms. The van der Waals surface area contributed by atoms with Gasteiger partial charge in [-0.25, -0.2) is 0 Å². The quantitative estimate of drug-likeness (QED) is 0.248. The monoisotopic (exact) mass is 444 g/mol. The molecule has 0 spiro atoms. The van der Waals surface area contributed by atoms with Crippen molar-refractivity contribution in [2.24, 2.45) is 5.92 Å². The lowest BCUT2D eigenvalue weighted by molar-refractivity contribution is -0.00567. The first-order valence-electron chi connectivity index (χ1n) is 11.6. The highest BCUT2D eigenvalue weighted by atomic mass is 28.3. The molecule has 1 aromatic rings. The summed E-state index contributed by atoms with van der Waals surface area (Å²) in [6, 6.07) is 4.59. The Balaban J connectivity index is 2.05. The van der Waals surface area contributed by atoms with Gasteiger partial charge in [0.1, 0.15) is 17.1 Å². The zero-order chi connectivity index (χ0) is 22.1. The molecular weight excluding hydrogens is 404 g/mol. The van der Waals surface area contributed by atoms with Gasteiger partial charge in [-0.05, 0) is 89.5 Å². The van der Waals surface area contributed by atoms with Crippen molar-refractivity contribution in [2.75, 3.05) is 0 Å². The van der Waals surface area contributed by atoms with Gasteiger partial charge in [-0.3, -0.25) is 0 Å². The van der Waals surface area contributed by atoms with Gasteiger partial charge in [-0.2, -0.15) is 0 Å². The van der Waals surface area contributed by atoms with Crippen molar-refractivity contribution in [1.82, 2.24) is 0 Å². The van der Waals surface area contributed by atoms with E-state index in [1.54, 1.807) is 0 Å². The molecule has 0 saturated carbocycles. The van der Waals surface area contributed by atoms with E-state index in [1.165, 1.54) is 36.0 Å². The van der Waals surface area contributed by atoms with Crippen LogP contribution in [-0.2, 0) is 10.8 Å². The normalized spacial score (nSPS) is 24.9. The Morgan fingerprint density at radius 1 is 1.10 bits per heavy atom. The molecule has 1 aliphatic carbocycles. The molecule has 0 aromatic heterocycles. The highest BCUT2D eigenvalue weighted by Crippen LogP contribution is 2.54. The summed E-state index contributed by atoms with van der Waals surface area (Å²) in [6.07, 6.45) is 8.50. The molecule has 1 aromatic carbocycles. The van der Waals surface area contributed by atoms with Crippen LogP contribution in [0, 0.1) is 5.92 Å². The molecule has 2 aliphatic rings. The average Bonchev–Trinajstić information content (AvgIpc) is 2.61. The second-order valence-corrected chi connectivity index (χ2v) is 14.0. The number of fused-ring (bicyclic) bond motifs is 3. The van der Waals surface area contributed by atoms with Crippen LogP contribution in [-0.4, -0.2) is 29.8 Å². The predicted molar refractivity (Wildman–Crippen MR) is 129 cm³/mol. The molecule has 0 saturated heterocycles. The number of allylic oxidation sites excluding steroid dienone is 1. The van der Waals surface area contributed by atoms with E-state index in [-0.39, 0.29) is 11.7 Å². The Bertz CT molecular complexity index is 753. The highest BCUT2D eigenvalue weighted by Gasteiger charge is 2.47. The van der Waals surface area contributed by atoms with Gasteiger partial charge in [-0.15, -0.1) is 0 Å². The summed E-state index contributed by atoms with van der Waals surface area (Å²) in [7, 11) is -1.61. The van der Waals surface area contributed by atoms with E-state index in [4.69, 9.17) is 13.6 Å². The first-order valence-corrected chi connectivity index (χ1v) is 16.4. The lowest BCUT2D eigenvalue weighted by Gasteiger charge is -2.48. The van der Waals surface area contributed by atoms with Crippen molar-refractivity contribution < 1.29 is 13.6 Å². The zero-order valence-corrected chi connectivity index (χ0v) is 22.2. The Morgan fingerprint density at radius 3 is 2.47 bits per heavy atom.